The highest BCUT2D eigenvalue weighted by molar-refractivity contribution is 7.99. The maximum Gasteiger partial charge on any atom is 0.257 e. The number of amides is 1. The van der Waals surface area contributed by atoms with Crippen LogP contribution in [0.2, 0.25) is 0 Å². The molecule has 0 saturated carbocycles. The second-order valence-electron chi connectivity index (χ2n) is 7.99. The number of nitriles is 1. The van der Waals surface area contributed by atoms with Crippen LogP contribution in [0.5, 0.6) is 0 Å². The summed E-state index contributed by atoms with van der Waals surface area (Å²) in [6.07, 6.45) is 1.98. The van der Waals surface area contributed by atoms with E-state index in [4.69, 9.17) is 5.26 Å². The number of hydrogen-bond donors (Lipinski definition) is 1. The number of anilines is 3. The van der Waals surface area contributed by atoms with Crippen molar-refractivity contribution in [1.29, 1.82) is 5.26 Å². The lowest BCUT2D eigenvalue weighted by atomic mass is 10.1. The molecule has 0 spiro atoms. The van der Waals surface area contributed by atoms with Crippen molar-refractivity contribution in [3.05, 3.63) is 71.5 Å². The van der Waals surface area contributed by atoms with Gasteiger partial charge in [0.1, 0.15) is 11.8 Å². The van der Waals surface area contributed by atoms with Crippen LogP contribution in [-0.4, -0.2) is 59.7 Å². The minimum Gasteiger partial charge on any atom is -0.338 e. The number of piperazine rings is 1. The van der Waals surface area contributed by atoms with Gasteiger partial charge in [-0.2, -0.15) is 5.26 Å². The van der Waals surface area contributed by atoms with E-state index in [1.807, 2.05) is 73.1 Å². The van der Waals surface area contributed by atoms with E-state index in [1.54, 1.807) is 30.0 Å². The Bertz CT molecular complexity index is 1220. The fourth-order valence-corrected chi connectivity index (χ4v) is 4.97. The Kier molecular flexibility index (Phi) is 8.13. The lowest BCUT2D eigenvalue weighted by Crippen LogP contribution is -2.44. The Morgan fingerprint density at radius 1 is 1.09 bits per heavy atom. The molecule has 1 saturated heterocycles. The SMILES string of the molecule is CSN(C)c1ccccc1C(=O)Nc1ccc(SN2CCN(c3nc(C)cc(C#N)n3)CC2)cc1. The molecule has 1 N–H and O–H groups in total. The Hall–Kier alpha value is -3.26. The largest absolute Gasteiger partial charge is 0.338 e. The van der Waals surface area contributed by atoms with Gasteiger partial charge < -0.3 is 14.5 Å². The number of rotatable bonds is 7. The van der Waals surface area contributed by atoms with E-state index in [9.17, 15) is 4.79 Å². The van der Waals surface area contributed by atoms with Gasteiger partial charge in [-0.05, 0) is 61.3 Å². The van der Waals surface area contributed by atoms with Crippen LogP contribution in [0.4, 0.5) is 17.3 Å². The Labute approximate surface area is 214 Å². The minimum absolute atomic E-state index is 0.129. The zero-order valence-corrected chi connectivity index (χ0v) is 21.6. The van der Waals surface area contributed by atoms with E-state index in [-0.39, 0.29) is 5.91 Å². The first-order chi connectivity index (χ1) is 17.0. The highest BCUT2D eigenvalue weighted by Gasteiger charge is 2.21. The first-order valence-corrected chi connectivity index (χ1v) is 13.1. The highest BCUT2D eigenvalue weighted by Crippen LogP contribution is 2.28. The molecular weight excluding hydrogens is 478 g/mol. The topological polar surface area (TPSA) is 88.4 Å². The summed E-state index contributed by atoms with van der Waals surface area (Å²) in [5.41, 5.74) is 3.48. The molecule has 10 heteroatoms. The standard InChI is InChI=1S/C25H27N7OS2/c1-18-16-20(17-26)29-25(27-18)31-12-14-32(15-13-31)35-21-10-8-19(9-11-21)28-24(33)22-6-4-5-7-23(22)30(2)34-3/h4-11,16H,12-15H2,1-3H3,(H,28,33). The van der Waals surface area contributed by atoms with Crippen molar-refractivity contribution in [2.75, 3.05) is 54.0 Å². The Morgan fingerprint density at radius 2 is 1.80 bits per heavy atom. The van der Waals surface area contributed by atoms with Crippen LogP contribution >= 0.6 is 23.9 Å². The summed E-state index contributed by atoms with van der Waals surface area (Å²) < 4.78 is 4.28. The zero-order chi connectivity index (χ0) is 24.8. The average molecular weight is 506 g/mol. The smallest absolute Gasteiger partial charge is 0.257 e. The molecular formula is C25H27N7OS2. The number of carbonyl (C=O) groups is 1. The first-order valence-electron chi connectivity index (χ1n) is 11.2. The molecule has 3 aromatic rings. The normalized spacial score (nSPS) is 13.8. The van der Waals surface area contributed by atoms with Gasteiger partial charge in [0, 0.05) is 55.8 Å². The van der Waals surface area contributed by atoms with Crippen molar-refractivity contribution in [2.24, 2.45) is 0 Å². The van der Waals surface area contributed by atoms with Gasteiger partial charge in [-0.1, -0.05) is 24.1 Å². The fraction of sp³-hybridized carbons (Fsp3) is 0.280. The molecule has 1 aliphatic heterocycles. The van der Waals surface area contributed by atoms with Gasteiger partial charge in [0.15, 0.2) is 0 Å². The van der Waals surface area contributed by atoms with Crippen LogP contribution in [0, 0.1) is 18.3 Å². The number of para-hydroxylation sites is 1. The number of nitrogens with zero attached hydrogens (tertiary/aromatic N) is 6. The lowest BCUT2D eigenvalue weighted by molar-refractivity contribution is 0.102. The molecule has 1 fully saturated rings. The molecule has 0 unspecified atom stereocenters. The van der Waals surface area contributed by atoms with Crippen molar-refractivity contribution in [2.45, 2.75) is 11.8 Å². The third-order valence-corrected chi connectivity index (χ3v) is 7.44. The van der Waals surface area contributed by atoms with Crippen LogP contribution < -0.4 is 14.5 Å². The lowest BCUT2D eigenvalue weighted by Gasteiger charge is -2.33. The van der Waals surface area contributed by atoms with Crippen molar-refractivity contribution >= 4 is 47.1 Å². The zero-order valence-electron chi connectivity index (χ0n) is 19.9. The summed E-state index contributed by atoms with van der Waals surface area (Å²) >= 11 is 3.26. The number of aryl methyl sites for hydroxylation is 1. The number of nitrogens with one attached hydrogen (secondary N) is 1. The average Bonchev–Trinajstić information content (AvgIpc) is 2.89. The number of benzene rings is 2. The van der Waals surface area contributed by atoms with Crippen molar-refractivity contribution < 1.29 is 4.79 Å². The summed E-state index contributed by atoms with van der Waals surface area (Å²) in [5.74, 6) is 0.493. The first kappa shape index (κ1) is 24.9. The van der Waals surface area contributed by atoms with Crippen LogP contribution in [0.1, 0.15) is 21.7 Å². The number of aromatic nitrogens is 2. The molecule has 180 valence electrons. The maximum atomic E-state index is 12.9. The van der Waals surface area contributed by atoms with Crippen LogP contribution in [0.15, 0.2) is 59.5 Å². The van der Waals surface area contributed by atoms with Crippen molar-refractivity contribution in [3.63, 3.8) is 0 Å². The van der Waals surface area contributed by atoms with E-state index in [2.05, 4.69) is 30.6 Å². The number of carbonyl (C=O) groups excluding carboxylic acids is 1. The molecule has 2 heterocycles. The number of hydrogen-bond acceptors (Lipinski definition) is 9. The van der Waals surface area contributed by atoms with E-state index in [0.717, 1.165) is 48.1 Å². The van der Waals surface area contributed by atoms with Crippen molar-refractivity contribution in [3.8, 4) is 6.07 Å². The third-order valence-electron chi connectivity index (χ3n) is 5.59. The summed E-state index contributed by atoms with van der Waals surface area (Å²) in [6, 6.07) is 19.3. The van der Waals surface area contributed by atoms with E-state index >= 15 is 0 Å². The molecule has 1 aliphatic rings. The summed E-state index contributed by atoms with van der Waals surface area (Å²) in [5, 5.41) is 12.2. The van der Waals surface area contributed by atoms with Crippen LogP contribution in [0.3, 0.4) is 0 Å². The second-order valence-corrected chi connectivity index (χ2v) is 10.1. The Balaban J connectivity index is 1.32. The molecule has 0 bridgehead atoms. The van der Waals surface area contributed by atoms with Gasteiger partial charge in [-0.15, -0.1) is 0 Å². The van der Waals surface area contributed by atoms with Gasteiger partial charge in [0.2, 0.25) is 5.95 Å². The summed E-state index contributed by atoms with van der Waals surface area (Å²) in [6.45, 7) is 5.16. The molecule has 1 aromatic heterocycles. The van der Waals surface area contributed by atoms with E-state index < -0.39 is 0 Å². The third kappa shape index (κ3) is 6.25. The summed E-state index contributed by atoms with van der Waals surface area (Å²) in [4.78, 5) is 24.9. The molecule has 8 nitrogen and oxygen atoms in total. The van der Waals surface area contributed by atoms with Gasteiger partial charge in [0.25, 0.3) is 5.91 Å². The van der Waals surface area contributed by atoms with Gasteiger partial charge in [-0.25, -0.2) is 14.3 Å². The van der Waals surface area contributed by atoms with E-state index in [1.165, 1.54) is 0 Å². The molecule has 1 amide bonds. The molecule has 2 aromatic carbocycles. The molecule has 0 atom stereocenters. The fourth-order valence-electron chi connectivity index (χ4n) is 3.72. The second kappa shape index (κ2) is 11.4. The molecule has 0 radical (unpaired) electrons. The highest BCUT2D eigenvalue weighted by atomic mass is 32.2. The quantitative estimate of drug-likeness (QED) is 0.468. The van der Waals surface area contributed by atoms with E-state index in [0.29, 0.717) is 17.2 Å². The predicted molar refractivity (Wildman–Crippen MR) is 144 cm³/mol. The Morgan fingerprint density at radius 3 is 2.49 bits per heavy atom. The molecule has 35 heavy (non-hydrogen) atoms. The van der Waals surface area contributed by atoms with Gasteiger partial charge in [0.05, 0.1) is 11.3 Å². The van der Waals surface area contributed by atoms with Crippen LogP contribution in [-0.2, 0) is 0 Å². The van der Waals surface area contributed by atoms with Gasteiger partial charge in [-0.3, -0.25) is 4.79 Å². The maximum absolute atomic E-state index is 12.9. The monoisotopic (exact) mass is 505 g/mol. The minimum atomic E-state index is -0.129. The molecule has 4 rings (SSSR count). The van der Waals surface area contributed by atoms with Crippen LogP contribution in [0.25, 0.3) is 0 Å². The molecule has 0 aliphatic carbocycles. The van der Waals surface area contributed by atoms with Crippen molar-refractivity contribution in [1.82, 2.24) is 14.3 Å². The van der Waals surface area contributed by atoms with Gasteiger partial charge >= 0.3 is 0 Å². The predicted octanol–water partition coefficient (Wildman–Crippen LogP) is 4.45. The summed E-state index contributed by atoms with van der Waals surface area (Å²) in [7, 11) is 1.94.